The molecule has 1 aromatic rings. The smallest absolute Gasteiger partial charge is 0.380 e. The minimum atomic E-state index is -0.633. The molecule has 0 bridgehead atoms. The first-order chi connectivity index (χ1) is 7.42. The molecule has 1 aromatic heterocycles. The lowest BCUT2D eigenvalue weighted by molar-refractivity contribution is 0.00522. The average molecular weight is 225 g/mol. The number of esters is 1. The molecule has 0 radical (unpaired) electrons. The second kappa shape index (κ2) is 4.93. The van der Waals surface area contributed by atoms with Gasteiger partial charge in [-0.2, -0.15) is 0 Å². The van der Waals surface area contributed by atoms with Gasteiger partial charge in [0.2, 0.25) is 0 Å². The molecule has 0 aromatic carbocycles. The maximum absolute atomic E-state index is 11.5. The highest BCUT2D eigenvalue weighted by Crippen LogP contribution is 2.08. The zero-order valence-electron chi connectivity index (χ0n) is 9.60. The predicted molar refractivity (Wildman–Crippen MR) is 55.5 cm³/mol. The fraction of sp³-hybridized carbons (Fsp3) is 0.667. The highest BCUT2D eigenvalue weighted by Gasteiger charge is 2.20. The number of nitrogens with two attached hydrogens (primary N) is 1. The highest BCUT2D eigenvalue weighted by atomic mass is 16.6. The number of carbonyl (C=O) groups excluding carboxylic acids is 1. The maximum Gasteiger partial charge on any atom is 0.380 e. The molecule has 2 N–H and O–H groups in total. The van der Waals surface area contributed by atoms with E-state index in [1.165, 1.54) is 0 Å². The molecule has 0 amide bonds. The Morgan fingerprint density at radius 2 is 1.81 bits per heavy atom. The summed E-state index contributed by atoms with van der Waals surface area (Å²) in [4.78, 5) is 11.5. The third-order valence-corrected chi connectivity index (χ3v) is 1.47. The molecule has 0 saturated heterocycles. The van der Waals surface area contributed by atoms with E-state index in [-0.39, 0.29) is 5.82 Å². The molecule has 7 nitrogen and oxygen atoms in total. The Labute approximate surface area is 93.4 Å². The standard InChI is InChI=1S/C9H15N5O2/c1-9(2,3)16-8(15)7-13-11-6(4-5-10)12-14-7/h4-5,10H2,1-3H3. The summed E-state index contributed by atoms with van der Waals surface area (Å²) in [5, 5.41) is 14.7. The van der Waals surface area contributed by atoms with Crippen molar-refractivity contribution >= 4 is 5.97 Å². The van der Waals surface area contributed by atoms with E-state index in [1.807, 2.05) is 0 Å². The van der Waals surface area contributed by atoms with Crippen LogP contribution in [0.15, 0.2) is 0 Å². The number of nitrogens with zero attached hydrogens (tertiary/aromatic N) is 4. The zero-order valence-corrected chi connectivity index (χ0v) is 9.60. The summed E-state index contributed by atoms with van der Waals surface area (Å²) >= 11 is 0. The fourth-order valence-electron chi connectivity index (χ4n) is 0.885. The molecule has 88 valence electrons. The molecule has 0 saturated carbocycles. The number of hydrogen-bond acceptors (Lipinski definition) is 7. The van der Waals surface area contributed by atoms with Crippen LogP contribution < -0.4 is 5.73 Å². The topological polar surface area (TPSA) is 104 Å². The van der Waals surface area contributed by atoms with Crippen molar-refractivity contribution in [2.75, 3.05) is 6.54 Å². The van der Waals surface area contributed by atoms with E-state index in [9.17, 15) is 4.79 Å². The van der Waals surface area contributed by atoms with Crippen molar-refractivity contribution in [3.05, 3.63) is 11.6 Å². The summed E-state index contributed by atoms with van der Waals surface area (Å²) in [5.74, 6) is -0.364. The molecule has 1 rings (SSSR count). The van der Waals surface area contributed by atoms with Crippen molar-refractivity contribution in [2.45, 2.75) is 32.8 Å². The Balaban J connectivity index is 2.70. The average Bonchev–Trinajstić information content (AvgIpc) is 2.16. The minimum absolute atomic E-state index is 0.143. The van der Waals surface area contributed by atoms with Crippen molar-refractivity contribution in [3.8, 4) is 0 Å². The van der Waals surface area contributed by atoms with Gasteiger partial charge in [0.05, 0.1) is 0 Å². The molecule has 16 heavy (non-hydrogen) atoms. The van der Waals surface area contributed by atoms with Crippen LogP contribution >= 0.6 is 0 Å². The van der Waals surface area contributed by atoms with Crippen LogP contribution in [0.25, 0.3) is 0 Å². The van der Waals surface area contributed by atoms with Gasteiger partial charge in [-0.3, -0.25) is 0 Å². The van der Waals surface area contributed by atoms with Crippen molar-refractivity contribution < 1.29 is 9.53 Å². The van der Waals surface area contributed by atoms with Crippen LogP contribution in [0.5, 0.6) is 0 Å². The molecular formula is C9H15N5O2. The monoisotopic (exact) mass is 225 g/mol. The van der Waals surface area contributed by atoms with Crippen LogP contribution in [0.2, 0.25) is 0 Å². The first kappa shape index (κ1) is 12.4. The van der Waals surface area contributed by atoms with Gasteiger partial charge >= 0.3 is 5.97 Å². The first-order valence-corrected chi connectivity index (χ1v) is 4.92. The van der Waals surface area contributed by atoms with Gasteiger partial charge in [-0.25, -0.2) is 4.79 Å². The largest absolute Gasteiger partial charge is 0.454 e. The summed E-state index contributed by atoms with van der Waals surface area (Å²) in [7, 11) is 0. The van der Waals surface area contributed by atoms with Gasteiger partial charge < -0.3 is 10.5 Å². The van der Waals surface area contributed by atoms with E-state index < -0.39 is 11.6 Å². The van der Waals surface area contributed by atoms with Crippen LogP contribution in [0, 0.1) is 0 Å². The van der Waals surface area contributed by atoms with E-state index in [2.05, 4.69) is 20.4 Å². The Bertz CT molecular complexity index is 357. The molecule has 0 aliphatic heterocycles. The molecule has 0 aliphatic carbocycles. The van der Waals surface area contributed by atoms with Gasteiger partial charge in [0, 0.05) is 6.42 Å². The Kier molecular flexibility index (Phi) is 3.83. The van der Waals surface area contributed by atoms with Crippen molar-refractivity contribution in [1.82, 2.24) is 20.4 Å². The minimum Gasteiger partial charge on any atom is -0.454 e. The molecule has 7 heteroatoms. The highest BCUT2D eigenvalue weighted by molar-refractivity contribution is 5.84. The van der Waals surface area contributed by atoms with Crippen LogP contribution in [0.1, 0.15) is 37.2 Å². The van der Waals surface area contributed by atoms with Crippen LogP contribution in [0.3, 0.4) is 0 Å². The fourth-order valence-corrected chi connectivity index (χ4v) is 0.885. The van der Waals surface area contributed by atoms with Gasteiger partial charge in [0.15, 0.2) is 5.82 Å². The van der Waals surface area contributed by atoms with E-state index in [4.69, 9.17) is 10.5 Å². The summed E-state index contributed by atoms with van der Waals surface area (Å²) in [5.41, 5.74) is 4.73. The molecule has 0 unspecified atom stereocenters. The normalized spacial score (nSPS) is 11.2. The van der Waals surface area contributed by atoms with Gasteiger partial charge in [0.25, 0.3) is 5.82 Å². The Morgan fingerprint density at radius 1 is 1.25 bits per heavy atom. The van der Waals surface area contributed by atoms with Gasteiger partial charge in [-0.05, 0) is 27.3 Å². The summed E-state index contributed by atoms with van der Waals surface area (Å²) in [6.07, 6.45) is 0.481. The molecule has 0 spiro atoms. The van der Waals surface area contributed by atoms with Crippen LogP contribution in [-0.2, 0) is 11.2 Å². The number of rotatable bonds is 3. The lowest BCUT2D eigenvalue weighted by atomic mass is 10.2. The lowest BCUT2D eigenvalue weighted by Crippen LogP contribution is -2.26. The predicted octanol–water partition coefficient (Wildman–Crippen LogP) is -0.277. The van der Waals surface area contributed by atoms with Crippen molar-refractivity contribution in [1.29, 1.82) is 0 Å². The summed E-state index contributed by atoms with van der Waals surface area (Å²) in [6.45, 7) is 5.69. The van der Waals surface area contributed by atoms with Crippen molar-refractivity contribution in [2.24, 2.45) is 5.73 Å². The third-order valence-electron chi connectivity index (χ3n) is 1.47. The van der Waals surface area contributed by atoms with E-state index in [0.717, 1.165) is 0 Å². The Morgan fingerprint density at radius 3 is 2.25 bits per heavy atom. The number of hydrogen-bond donors (Lipinski definition) is 1. The van der Waals surface area contributed by atoms with Gasteiger partial charge in [0.1, 0.15) is 5.60 Å². The second-order valence-corrected chi connectivity index (χ2v) is 4.18. The number of aromatic nitrogens is 4. The maximum atomic E-state index is 11.5. The number of carbonyl (C=O) groups is 1. The van der Waals surface area contributed by atoms with Gasteiger partial charge in [-0.15, -0.1) is 20.4 Å². The Hall–Kier alpha value is -1.63. The molecule has 0 fully saturated rings. The SMILES string of the molecule is CC(C)(C)OC(=O)c1nnc(CCN)nn1. The van der Waals surface area contributed by atoms with E-state index in [1.54, 1.807) is 20.8 Å². The van der Waals surface area contributed by atoms with Gasteiger partial charge in [-0.1, -0.05) is 0 Å². The molecule has 1 heterocycles. The summed E-state index contributed by atoms with van der Waals surface area (Å²) < 4.78 is 5.05. The van der Waals surface area contributed by atoms with Crippen LogP contribution in [0.4, 0.5) is 0 Å². The molecule has 0 aliphatic rings. The third kappa shape index (κ3) is 3.85. The summed E-state index contributed by atoms with van der Waals surface area (Å²) in [6, 6.07) is 0. The quantitative estimate of drug-likeness (QED) is 0.705. The lowest BCUT2D eigenvalue weighted by Gasteiger charge is -2.18. The van der Waals surface area contributed by atoms with Crippen molar-refractivity contribution in [3.63, 3.8) is 0 Å². The van der Waals surface area contributed by atoms with E-state index >= 15 is 0 Å². The molecular weight excluding hydrogens is 210 g/mol. The van der Waals surface area contributed by atoms with E-state index in [0.29, 0.717) is 18.8 Å². The molecule has 0 atom stereocenters. The zero-order chi connectivity index (χ0) is 12.2. The second-order valence-electron chi connectivity index (χ2n) is 4.18. The first-order valence-electron chi connectivity index (χ1n) is 4.92. The number of ether oxygens (including phenoxy) is 1. The van der Waals surface area contributed by atoms with Crippen LogP contribution in [-0.4, -0.2) is 38.5 Å².